The van der Waals surface area contributed by atoms with Crippen LogP contribution in [0.3, 0.4) is 0 Å². The molecule has 22 heavy (non-hydrogen) atoms. The summed E-state index contributed by atoms with van der Waals surface area (Å²) in [7, 11) is -0.977. The fraction of sp³-hybridized carbons (Fsp3) is 0.143. The van der Waals surface area contributed by atoms with Crippen molar-refractivity contribution < 1.29 is 13.2 Å². The number of benzene rings is 2. The van der Waals surface area contributed by atoms with Crippen LogP contribution in [0.15, 0.2) is 41.3 Å². The summed E-state index contributed by atoms with van der Waals surface area (Å²) in [5, 5.41) is 0.680. The van der Waals surface area contributed by atoms with E-state index in [1.54, 1.807) is 12.1 Å². The van der Waals surface area contributed by atoms with E-state index >= 15 is 0 Å². The number of halogens is 3. The summed E-state index contributed by atoms with van der Waals surface area (Å²) in [4.78, 5) is -0.0730. The number of nitrogens with zero attached hydrogens (tertiary/aromatic N) is 1. The molecular weight excluding hydrogens is 369 g/mol. The molecule has 0 bridgehead atoms. The van der Waals surface area contributed by atoms with Crippen molar-refractivity contribution >= 4 is 50.5 Å². The quantitative estimate of drug-likeness (QED) is 0.785. The molecule has 0 amide bonds. The average Bonchev–Trinajstić information content (AvgIpc) is 2.48. The highest BCUT2D eigenvalue weighted by Gasteiger charge is 2.25. The summed E-state index contributed by atoms with van der Waals surface area (Å²) >= 11 is 17.9. The highest BCUT2D eigenvalue weighted by atomic mass is 35.5. The Kier molecular flexibility index (Phi) is 5.12. The molecule has 118 valence electrons. The Morgan fingerprint density at radius 2 is 1.68 bits per heavy atom. The van der Waals surface area contributed by atoms with E-state index in [1.807, 2.05) is 0 Å². The lowest BCUT2D eigenvalue weighted by atomic mass is 10.3. The smallest absolute Gasteiger partial charge is 0.265 e. The maximum absolute atomic E-state index is 12.7. The Balaban J connectivity index is 2.49. The standard InChI is InChI=1S/C14H12Cl3NO3S/c1-18(10-4-6-13(21-2)12(17)8-10)22(19,20)14-7-9(15)3-5-11(14)16/h3-8H,1-2H3. The van der Waals surface area contributed by atoms with Gasteiger partial charge in [0.1, 0.15) is 10.6 Å². The van der Waals surface area contributed by atoms with Crippen molar-refractivity contribution in [3.8, 4) is 5.75 Å². The molecule has 0 atom stereocenters. The van der Waals surface area contributed by atoms with Gasteiger partial charge in [-0.2, -0.15) is 0 Å². The van der Waals surface area contributed by atoms with Crippen molar-refractivity contribution in [1.82, 2.24) is 0 Å². The van der Waals surface area contributed by atoms with Crippen molar-refractivity contribution in [3.05, 3.63) is 51.5 Å². The lowest BCUT2D eigenvalue weighted by molar-refractivity contribution is 0.415. The number of hydrogen-bond acceptors (Lipinski definition) is 3. The zero-order valence-corrected chi connectivity index (χ0v) is 14.8. The van der Waals surface area contributed by atoms with E-state index < -0.39 is 10.0 Å². The average molecular weight is 381 g/mol. The lowest BCUT2D eigenvalue weighted by Gasteiger charge is -2.21. The number of anilines is 1. The van der Waals surface area contributed by atoms with Crippen LogP contribution in [0.5, 0.6) is 5.75 Å². The fourth-order valence-corrected chi connectivity index (χ4v) is 3.99. The first kappa shape index (κ1) is 17.2. The van der Waals surface area contributed by atoms with E-state index in [-0.39, 0.29) is 14.9 Å². The van der Waals surface area contributed by atoms with Gasteiger partial charge in [-0.05, 0) is 36.4 Å². The zero-order chi connectivity index (χ0) is 16.5. The summed E-state index contributed by atoms with van der Waals surface area (Å²) < 4.78 is 31.5. The van der Waals surface area contributed by atoms with Crippen LogP contribution in [0.1, 0.15) is 0 Å². The van der Waals surface area contributed by atoms with Gasteiger partial charge in [0, 0.05) is 12.1 Å². The molecular formula is C14H12Cl3NO3S. The minimum absolute atomic E-state index is 0.0730. The predicted octanol–water partition coefficient (Wildman–Crippen LogP) is 4.48. The Hall–Kier alpha value is -1.14. The second-order valence-corrected chi connectivity index (χ2v) is 7.55. The molecule has 0 unspecified atom stereocenters. The molecule has 0 N–H and O–H groups in total. The molecule has 2 aromatic rings. The third kappa shape index (κ3) is 3.27. The monoisotopic (exact) mass is 379 g/mol. The van der Waals surface area contributed by atoms with Gasteiger partial charge < -0.3 is 4.74 Å². The Morgan fingerprint density at radius 1 is 1.00 bits per heavy atom. The van der Waals surface area contributed by atoms with Gasteiger partial charge in [-0.3, -0.25) is 4.31 Å². The summed E-state index contributed by atoms with van der Waals surface area (Å²) in [6, 6.07) is 8.93. The van der Waals surface area contributed by atoms with Gasteiger partial charge in [0.05, 0.1) is 22.8 Å². The minimum Gasteiger partial charge on any atom is -0.495 e. The Bertz CT molecular complexity index is 809. The van der Waals surface area contributed by atoms with E-state index in [0.717, 1.165) is 4.31 Å². The summed E-state index contributed by atoms with van der Waals surface area (Å²) in [6.45, 7) is 0. The second-order valence-electron chi connectivity index (χ2n) is 4.37. The van der Waals surface area contributed by atoms with Gasteiger partial charge >= 0.3 is 0 Å². The van der Waals surface area contributed by atoms with Crippen molar-refractivity contribution in [2.45, 2.75) is 4.90 Å². The van der Waals surface area contributed by atoms with Crippen LogP contribution in [-0.2, 0) is 10.0 Å². The maximum Gasteiger partial charge on any atom is 0.265 e. The van der Waals surface area contributed by atoms with Gasteiger partial charge in [0.2, 0.25) is 0 Å². The summed E-state index contributed by atoms with van der Waals surface area (Å²) in [5.74, 6) is 0.456. The van der Waals surface area contributed by atoms with Crippen LogP contribution < -0.4 is 9.04 Å². The number of rotatable bonds is 4. The van der Waals surface area contributed by atoms with E-state index in [1.165, 1.54) is 38.4 Å². The molecule has 2 rings (SSSR count). The fourth-order valence-electron chi connectivity index (χ4n) is 1.81. The van der Waals surface area contributed by atoms with Crippen LogP contribution in [0.2, 0.25) is 15.1 Å². The largest absolute Gasteiger partial charge is 0.495 e. The summed E-state index contributed by atoms with van der Waals surface area (Å²) in [5.41, 5.74) is 0.377. The van der Waals surface area contributed by atoms with Crippen LogP contribution in [-0.4, -0.2) is 22.6 Å². The highest BCUT2D eigenvalue weighted by molar-refractivity contribution is 7.93. The SMILES string of the molecule is COc1ccc(N(C)S(=O)(=O)c2cc(Cl)ccc2Cl)cc1Cl. The minimum atomic E-state index is -3.86. The molecule has 0 fully saturated rings. The number of hydrogen-bond donors (Lipinski definition) is 0. The van der Waals surface area contributed by atoms with Gasteiger partial charge in [-0.25, -0.2) is 8.42 Å². The molecule has 0 aliphatic heterocycles. The molecule has 0 spiro atoms. The maximum atomic E-state index is 12.7. The van der Waals surface area contributed by atoms with E-state index in [9.17, 15) is 8.42 Å². The second kappa shape index (κ2) is 6.54. The molecule has 0 saturated carbocycles. The molecule has 4 nitrogen and oxygen atoms in total. The van der Waals surface area contributed by atoms with E-state index in [4.69, 9.17) is 39.5 Å². The van der Waals surface area contributed by atoms with E-state index in [2.05, 4.69) is 0 Å². The van der Waals surface area contributed by atoms with Gasteiger partial charge in [-0.15, -0.1) is 0 Å². The third-order valence-electron chi connectivity index (χ3n) is 3.03. The number of ether oxygens (including phenoxy) is 1. The van der Waals surface area contributed by atoms with Crippen LogP contribution >= 0.6 is 34.8 Å². The first-order valence-corrected chi connectivity index (χ1v) is 8.62. The number of methoxy groups -OCH3 is 1. The molecule has 2 aromatic carbocycles. The van der Waals surface area contributed by atoms with Crippen molar-refractivity contribution in [3.63, 3.8) is 0 Å². The predicted molar refractivity (Wildman–Crippen MR) is 90.1 cm³/mol. The highest BCUT2D eigenvalue weighted by Crippen LogP contribution is 2.33. The van der Waals surface area contributed by atoms with Gasteiger partial charge in [0.15, 0.2) is 0 Å². The zero-order valence-electron chi connectivity index (χ0n) is 11.7. The molecule has 0 aromatic heterocycles. The topological polar surface area (TPSA) is 46.6 Å². The van der Waals surface area contributed by atoms with Crippen LogP contribution in [0.25, 0.3) is 0 Å². The lowest BCUT2D eigenvalue weighted by Crippen LogP contribution is -2.26. The molecule has 0 aliphatic rings. The van der Waals surface area contributed by atoms with Crippen LogP contribution in [0, 0.1) is 0 Å². The van der Waals surface area contributed by atoms with Crippen LogP contribution in [0.4, 0.5) is 5.69 Å². The Morgan fingerprint density at radius 3 is 2.27 bits per heavy atom. The third-order valence-corrected chi connectivity index (χ3v) is 5.83. The first-order chi connectivity index (χ1) is 10.3. The summed E-state index contributed by atoms with van der Waals surface area (Å²) in [6.07, 6.45) is 0. The molecule has 8 heteroatoms. The molecule has 0 radical (unpaired) electrons. The number of sulfonamides is 1. The van der Waals surface area contributed by atoms with Gasteiger partial charge in [0.25, 0.3) is 10.0 Å². The van der Waals surface area contributed by atoms with Crippen molar-refractivity contribution in [2.75, 3.05) is 18.5 Å². The molecule has 0 heterocycles. The van der Waals surface area contributed by atoms with E-state index in [0.29, 0.717) is 16.5 Å². The van der Waals surface area contributed by atoms with Crippen molar-refractivity contribution in [2.24, 2.45) is 0 Å². The molecule has 0 saturated heterocycles. The molecule has 0 aliphatic carbocycles. The Labute approximate surface area is 144 Å². The first-order valence-electron chi connectivity index (χ1n) is 6.05. The van der Waals surface area contributed by atoms with Gasteiger partial charge in [-0.1, -0.05) is 34.8 Å². The van der Waals surface area contributed by atoms with Crippen molar-refractivity contribution in [1.29, 1.82) is 0 Å². The normalized spacial score (nSPS) is 11.3.